The van der Waals surface area contributed by atoms with Gasteiger partial charge in [-0.3, -0.25) is 0 Å². The van der Waals surface area contributed by atoms with Crippen LogP contribution < -0.4 is 0 Å². The Hall–Kier alpha value is -3.52. The Morgan fingerprint density at radius 1 is 0.429 bits per heavy atom. The molecular weight excluding hydrogens is 428 g/mol. The fourth-order valence-corrected chi connectivity index (χ4v) is 3.41. The van der Waals surface area contributed by atoms with E-state index in [1.807, 2.05) is 52.0 Å². The summed E-state index contributed by atoms with van der Waals surface area (Å²) in [6.07, 6.45) is 0. The highest BCUT2D eigenvalue weighted by Gasteiger charge is 2.22. The van der Waals surface area contributed by atoms with Crippen molar-refractivity contribution in [2.24, 2.45) is 0 Å². The van der Waals surface area contributed by atoms with E-state index in [4.69, 9.17) is 5.11 Å². The second-order valence-electron chi connectivity index (χ2n) is 8.45. The molecule has 35 heavy (non-hydrogen) atoms. The van der Waals surface area contributed by atoms with Gasteiger partial charge in [0.1, 0.15) is 11.5 Å². The minimum atomic E-state index is -0.0403. The first kappa shape index (κ1) is 29.5. The van der Waals surface area contributed by atoms with Crippen LogP contribution in [0.15, 0.2) is 97.1 Å². The Labute approximate surface area is 212 Å². The van der Waals surface area contributed by atoms with Gasteiger partial charge in [0.15, 0.2) is 0 Å². The van der Waals surface area contributed by atoms with Gasteiger partial charge in [0.05, 0.1) is 0 Å². The standard InChI is InChI=1S/C16H18O.C13H12O.2C2H6/c1-12-4-6-13(7-5-12)16(2,3)14-8-10-15(17)11-9-14;1-10-2-4-11(5-3-10)12-6-8-13(14)9-7-12;2*1-2/h4-11,17H,1-3H3;2-9,14H,1H3;2*1-2H3. The van der Waals surface area contributed by atoms with E-state index in [0.717, 1.165) is 5.56 Å². The van der Waals surface area contributed by atoms with Gasteiger partial charge in [-0.05, 0) is 60.4 Å². The van der Waals surface area contributed by atoms with Crippen molar-refractivity contribution in [1.29, 1.82) is 0 Å². The van der Waals surface area contributed by atoms with Gasteiger partial charge in [-0.1, -0.05) is 125 Å². The van der Waals surface area contributed by atoms with Gasteiger partial charge >= 0.3 is 0 Å². The second kappa shape index (κ2) is 14.7. The van der Waals surface area contributed by atoms with Crippen molar-refractivity contribution in [3.05, 3.63) is 119 Å². The lowest BCUT2D eigenvalue weighted by Crippen LogP contribution is -2.18. The zero-order valence-corrected chi connectivity index (χ0v) is 22.6. The van der Waals surface area contributed by atoms with Gasteiger partial charge in [0.2, 0.25) is 0 Å². The molecule has 2 nitrogen and oxygen atoms in total. The summed E-state index contributed by atoms with van der Waals surface area (Å²) in [5.41, 5.74) is 7.29. The summed E-state index contributed by atoms with van der Waals surface area (Å²) in [7, 11) is 0. The lowest BCUT2D eigenvalue weighted by atomic mass is 9.78. The maximum absolute atomic E-state index is 9.33. The normalized spacial score (nSPS) is 9.94. The molecule has 0 aromatic heterocycles. The van der Waals surface area contributed by atoms with Gasteiger partial charge in [-0.15, -0.1) is 0 Å². The number of benzene rings is 4. The number of phenolic OH excluding ortho intramolecular Hbond substituents is 2. The average Bonchev–Trinajstić information content (AvgIpc) is 2.88. The van der Waals surface area contributed by atoms with Crippen LogP contribution in [-0.2, 0) is 5.41 Å². The van der Waals surface area contributed by atoms with E-state index in [-0.39, 0.29) is 5.41 Å². The zero-order valence-electron chi connectivity index (χ0n) is 22.6. The predicted octanol–water partition coefficient (Wildman–Crippen LogP) is 9.45. The summed E-state index contributed by atoms with van der Waals surface area (Å²) in [6, 6.07) is 31.6. The van der Waals surface area contributed by atoms with Crippen LogP contribution in [0, 0.1) is 13.8 Å². The van der Waals surface area contributed by atoms with Crippen molar-refractivity contribution in [1.82, 2.24) is 0 Å². The molecule has 0 aliphatic rings. The van der Waals surface area contributed by atoms with E-state index in [1.165, 1.54) is 27.8 Å². The van der Waals surface area contributed by atoms with Gasteiger partial charge in [0.25, 0.3) is 0 Å². The third-order valence-corrected chi connectivity index (χ3v) is 5.61. The van der Waals surface area contributed by atoms with Crippen molar-refractivity contribution < 1.29 is 10.2 Å². The molecule has 4 aromatic rings. The van der Waals surface area contributed by atoms with E-state index >= 15 is 0 Å². The van der Waals surface area contributed by atoms with Crippen LogP contribution in [0.3, 0.4) is 0 Å². The van der Waals surface area contributed by atoms with Crippen LogP contribution in [0.25, 0.3) is 11.1 Å². The molecule has 4 aromatic carbocycles. The van der Waals surface area contributed by atoms with Crippen LogP contribution >= 0.6 is 0 Å². The molecule has 186 valence electrons. The monoisotopic (exact) mass is 470 g/mol. The number of phenols is 2. The lowest BCUT2D eigenvalue weighted by molar-refractivity contribution is 0.474. The highest BCUT2D eigenvalue weighted by Crippen LogP contribution is 2.32. The summed E-state index contributed by atoms with van der Waals surface area (Å²) in [5.74, 6) is 0.620. The first-order valence-electron chi connectivity index (χ1n) is 12.5. The highest BCUT2D eigenvalue weighted by atomic mass is 16.3. The molecule has 0 aliphatic carbocycles. The molecule has 0 amide bonds. The van der Waals surface area contributed by atoms with E-state index in [2.05, 4.69) is 76.2 Å². The van der Waals surface area contributed by atoms with Crippen molar-refractivity contribution in [2.45, 2.75) is 60.8 Å². The number of aryl methyl sites for hydroxylation is 2. The fourth-order valence-electron chi connectivity index (χ4n) is 3.41. The molecule has 0 bridgehead atoms. The Morgan fingerprint density at radius 3 is 1.06 bits per heavy atom. The van der Waals surface area contributed by atoms with E-state index in [9.17, 15) is 5.11 Å². The quantitative estimate of drug-likeness (QED) is 0.313. The number of aromatic hydroxyl groups is 2. The van der Waals surface area contributed by atoms with Gasteiger partial charge in [0, 0.05) is 5.41 Å². The Kier molecular flexibility index (Phi) is 12.4. The fraction of sp³-hybridized carbons (Fsp3) is 0.273. The molecule has 2 N–H and O–H groups in total. The maximum Gasteiger partial charge on any atom is 0.115 e. The smallest absolute Gasteiger partial charge is 0.115 e. The van der Waals surface area contributed by atoms with Gasteiger partial charge < -0.3 is 10.2 Å². The molecule has 0 spiro atoms. The van der Waals surface area contributed by atoms with Gasteiger partial charge in [-0.2, -0.15) is 0 Å². The summed E-state index contributed by atoms with van der Waals surface area (Å²) < 4.78 is 0. The summed E-state index contributed by atoms with van der Waals surface area (Å²) in [4.78, 5) is 0. The molecule has 0 aliphatic heterocycles. The van der Waals surface area contributed by atoms with E-state index in [1.54, 1.807) is 24.3 Å². The van der Waals surface area contributed by atoms with Gasteiger partial charge in [-0.25, -0.2) is 0 Å². The lowest BCUT2D eigenvalue weighted by Gasteiger charge is -2.26. The summed E-state index contributed by atoms with van der Waals surface area (Å²) in [5, 5.41) is 18.5. The Morgan fingerprint density at radius 2 is 0.686 bits per heavy atom. The topological polar surface area (TPSA) is 40.5 Å². The van der Waals surface area contributed by atoms with Crippen LogP contribution in [0.4, 0.5) is 0 Å². The van der Waals surface area contributed by atoms with Crippen molar-refractivity contribution in [3.63, 3.8) is 0 Å². The minimum Gasteiger partial charge on any atom is -0.508 e. The van der Waals surface area contributed by atoms with Crippen LogP contribution in [-0.4, -0.2) is 10.2 Å². The first-order chi connectivity index (χ1) is 16.8. The van der Waals surface area contributed by atoms with Crippen molar-refractivity contribution >= 4 is 0 Å². The molecule has 0 radical (unpaired) electrons. The van der Waals surface area contributed by atoms with Crippen molar-refractivity contribution in [3.8, 4) is 22.6 Å². The van der Waals surface area contributed by atoms with Crippen LogP contribution in [0.1, 0.15) is 63.8 Å². The molecule has 0 saturated carbocycles. The third-order valence-electron chi connectivity index (χ3n) is 5.61. The number of rotatable bonds is 3. The van der Waals surface area contributed by atoms with E-state index in [0.29, 0.717) is 11.5 Å². The highest BCUT2D eigenvalue weighted by molar-refractivity contribution is 5.64. The summed E-state index contributed by atoms with van der Waals surface area (Å²) >= 11 is 0. The SMILES string of the molecule is CC.CC.Cc1ccc(-c2ccc(O)cc2)cc1.Cc1ccc(C(C)(C)c2ccc(O)cc2)cc1. The largest absolute Gasteiger partial charge is 0.508 e. The minimum absolute atomic E-state index is 0.0403. The molecule has 0 saturated heterocycles. The van der Waals surface area contributed by atoms with Crippen LogP contribution in [0.5, 0.6) is 11.5 Å². The molecule has 0 atom stereocenters. The molecule has 2 heteroatoms. The zero-order chi connectivity index (χ0) is 26.4. The second-order valence-corrected chi connectivity index (χ2v) is 8.45. The molecule has 4 rings (SSSR count). The first-order valence-corrected chi connectivity index (χ1v) is 12.5. The maximum atomic E-state index is 9.33. The Balaban J connectivity index is 0.000000311. The van der Waals surface area contributed by atoms with E-state index < -0.39 is 0 Å². The number of hydrogen-bond donors (Lipinski definition) is 2. The van der Waals surface area contributed by atoms with Crippen LogP contribution in [0.2, 0.25) is 0 Å². The van der Waals surface area contributed by atoms with Crippen molar-refractivity contribution in [2.75, 3.05) is 0 Å². The molecular formula is C33H42O2. The predicted molar refractivity (Wildman–Crippen MR) is 152 cm³/mol. The summed E-state index contributed by atoms with van der Waals surface area (Å²) in [6.45, 7) is 16.6. The number of hydrogen-bond acceptors (Lipinski definition) is 2. The Bertz CT molecular complexity index is 999. The third kappa shape index (κ3) is 8.98. The molecule has 0 fully saturated rings. The molecule has 0 heterocycles. The molecule has 0 unspecified atom stereocenters. The average molecular weight is 471 g/mol.